The van der Waals surface area contributed by atoms with Gasteiger partial charge < -0.3 is 20.8 Å². The van der Waals surface area contributed by atoms with Gasteiger partial charge in [0.15, 0.2) is 5.65 Å². The highest BCUT2D eigenvalue weighted by Gasteiger charge is 2.48. The van der Waals surface area contributed by atoms with Crippen molar-refractivity contribution in [1.29, 1.82) is 0 Å². The Morgan fingerprint density at radius 2 is 1.97 bits per heavy atom. The minimum Gasteiger partial charge on any atom is -0.378 e. The van der Waals surface area contributed by atoms with Crippen LogP contribution in [0.5, 0.6) is 0 Å². The zero-order chi connectivity index (χ0) is 22.7. The van der Waals surface area contributed by atoms with E-state index in [1.165, 1.54) is 14.1 Å². The fraction of sp³-hybridized carbons (Fsp3) is 0.333. The largest absolute Gasteiger partial charge is 0.378 e. The molecule has 166 valence electrons. The summed E-state index contributed by atoms with van der Waals surface area (Å²) in [5.41, 5.74) is 2.01. The molecule has 1 aliphatic rings. The SMILES string of the molecule is CCn1ncc2c(Nc3ccncc3)c(C3=NOC(CC(=O)NC)(C(=O)NC)C3)cnc21. The van der Waals surface area contributed by atoms with Gasteiger partial charge in [-0.15, -0.1) is 0 Å². The van der Waals surface area contributed by atoms with Gasteiger partial charge in [-0.3, -0.25) is 14.6 Å². The van der Waals surface area contributed by atoms with Crippen molar-refractivity contribution in [3.05, 3.63) is 42.5 Å². The fourth-order valence-corrected chi connectivity index (χ4v) is 3.69. The van der Waals surface area contributed by atoms with Crippen molar-refractivity contribution in [2.24, 2.45) is 5.16 Å². The van der Waals surface area contributed by atoms with Crippen LogP contribution in [0.2, 0.25) is 0 Å². The number of oxime groups is 1. The average Bonchev–Trinajstić information content (AvgIpc) is 3.44. The fourth-order valence-electron chi connectivity index (χ4n) is 3.69. The summed E-state index contributed by atoms with van der Waals surface area (Å²) in [6, 6.07) is 3.68. The zero-order valence-electron chi connectivity index (χ0n) is 18.0. The molecule has 3 N–H and O–H groups in total. The van der Waals surface area contributed by atoms with Crippen LogP contribution in [0, 0.1) is 0 Å². The summed E-state index contributed by atoms with van der Waals surface area (Å²) < 4.78 is 1.80. The predicted octanol–water partition coefficient (Wildman–Crippen LogP) is 1.34. The summed E-state index contributed by atoms with van der Waals surface area (Å²) in [7, 11) is 3.01. The van der Waals surface area contributed by atoms with Crippen molar-refractivity contribution in [3.8, 4) is 0 Å². The van der Waals surface area contributed by atoms with Crippen LogP contribution < -0.4 is 16.0 Å². The monoisotopic (exact) mass is 436 g/mol. The Balaban J connectivity index is 1.77. The van der Waals surface area contributed by atoms with E-state index in [1.807, 2.05) is 19.1 Å². The third-order valence-electron chi connectivity index (χ3n) is 5.38. The highest BCUT2D eigenvalue weighted by atomic mass is 16.7. The van der Waals surface area contributed by atoms with Crippen LogP contribution in [0.3, 0.4) is 0 Å². The number of aromatic nitrogens is 4. The van der Waals surface area contributed by atoms with Gasteiger partial charge in [-0.25, -0.2) is 9.67 Å². The smallest absolute Gasteiger partial charge is 0.267 e. The molecule has 0 aliphatic carbocycles. The van der Waals surface area contributed by atoms with Gasteiger partial charge >= 0.3 is 0 Å². The Bertz CT molecular complexity index is 1190. The first-order chi connectivity index (χ1) is 15.5. The Kier molecular flexibility index (Phi) is 5.71. The highest BCUT2D eigenvalue weighted by molar-refractivity contribution is 6.13. The van der Waals surface area contributed by atoms with E-state index >= 15 is 0 Å². The van der Waals surface area contributed by atoms with Crippen molar-refractivity contribution in [2.75, 3.05) is 19.4 Å². The number of carbonyl (C=O) groups excluding carboxylic acids is 2. The summed E-state index contributed by atoms with van der Waals surface area (Å²) in [5.74, 6) is -0.741. The number of fused-ring (bicyclic) bond motifs is 1. The Hall–Kier alpha value is -4.02. The summed E-state index contributed by atoms with van der Waals surface area (Å²) in [6.07, 6.45) is 6.75. The molecular formula is C21H24N8O3. The lowest BCUT2D eigenvalue weighted by Gasteiger charge is -2.23. The van der Waals surface area contributed by atoms with Crippen LogP contribution in [0.25, 0.3) is 11.0 Å². The van der Waals surface area contributed by atoms with E-state index in [0.29, 0.717) is 17.8 Å². The minimum atomic E-state index is -1.43. The molecule has 0 radical (unpaired) electrons. The van der Waals surface area contributed by atoms with Gasteiger partial charge in [-0.2, -0.15) is 5.10 Å². The maximum absolute atomic E-state index is 12.7. The summed E-state index contributed by atoms with van der Waals surface area (Å²) in [6.45, 7) is 2.66. The minimum absolute atomic E-state index is 0.111. The van der Waals surface area contributed by atoms with Gasteiger partial charge in [0.1, 0.15) is 0 Å². The number of amides is 2. The number of nitrogens with zero attached hydrogens (tertiary/aromatic N) is 5. The normalized spacial score (nSPS) is 17.5. The van der Waals surface area contributed by atoms with Gasteiger partial charge in [0, 0.05) is 56.9 Å². The second kappa shape index (κ2) is 8.61. The maximum Gasteiger partial charge on any atom is 0.267 e. The number of nitrogens with one attached hydrogen (secondary N) is 3. The summed E-state index contributed by atoms with van der Waals surface area (Å²) in [4.78, 5) is 39.0. The second-order valence-corrected chi connectivity index (χ2v) is 7.33. The lowest BCUT2D eigenvalue weighted by atomic mass is 9.89. The first-order valence-corrected chi connectivity index (χ1v) is 10.2. The molecule has 3 aromatic rings. The van der Waals surface area contributed by atoms with Gasteiger partial charge in [0.05, 0.1) is 29.4 Å². The molecule has 0 aromatic carbocycles. The van der Waals surface area contributed by atoms with Crippen LogP contribution >= 0.6 is 0 Å². The van der Waals surface area contributed by atoms with E-state index in [1.54, 1.807) is 29.5 Å². The molecule has 0 saturated carbocycles. The van der Waals surface area contributed by atoms with Crippen molar-refractivity contribution in [3.63, 3.8) is 0 Å². The first-order valence-electron chi connectivity index (χ1n) is 10.2. The molecule has 11 heteroatoms. The molecule has 0 bridgehead atoms. The summed E-state index contributed by atoms with van der Waals surface area (Å²) >= 11 is 0. The number of hydrogen-bond donors (Lipinski definition) is 3. The number of likely N-dealkylation sites (N-methyl/N-ethyl adjacent to an activating group) is 1. The molecule has 11 nitrogen and oxygen atoms in total. The highest BCUT2D eigenvalue weighted by Crippen LogP contribution is 2.36. The van der Waals surface area contributed by atoms with Crippen molar-refractivity contribution < 1.29 is 14.4 Å². The lowest BCUT2D eigenvalue weighted by Crippen LogP contribution is -2.48. The van der Waals surface area contributed by atoms with Gasteiger partial charge in [0.25, 0.3) is 5.91 Å². The van der Waals surface area contributed by atoms with Crippen LogP contribution in [0.15, 0.2) is 42.1 Å². The van der Waals surface area contributed by atoms with Crippen molar-refractivity contribution in [2.45, 2.75) is 31.9 Å². The summed E-state index contributed by atoms with van der Waals surface area (Å²) in [5, 5.41) is 17.9. The number of anilines is 2. The molecule has 0 spiro atoms. The van der Waals surface area contributed by atoms with Crippen LogP contribution in [0.4, 0.5) is 11.4 Å². The number of aryl methyl sites for hydroxylation is 1. The molecule has 4 heterocycles. The predicted molar refractivity (Wildman–Crippen MR) is 118 cm³/mol. The maximum atomic E-state index is 12.7. The molecule has 3 aromatic heterocycles. The van der Waals surface area contributed by atoms with E-state index in [0.717, 1.165) is 22.4 Å². The third-order valence-corrected chi connectivity index (χ3v) is 5.38. The van der Waals surface area contributed by atoms with Crippen LogP contribution in [0.1, 0.15) is 25.3 Å². The standard InChI is InChI=1S/C21H24N8O3/c1-4-29-19-15(12-26-29)18(27-13-5-7-24-8-6-13)14(11-25-19)16-9-21(32-28-16,20(31)23-3)10-17(30)22-2/h5-8,11-12H,4,9-10H2,1-3H3,(H,22,30)(H,23,31)(H,24,25,27). The number of carbonyl (C=O) groups is 2. The molecule has 0 fully saturated rings. The molecule has 32 heavy (non-hydrogen) atoms. The van der Waals surface area contributed by atoms with Crippen molar-refractivity contribution >= 4 is 39.9 Å². The molecule has 2 amide bonds. The van der Waals surface area contributed by atoms with E-state index in [2.05, 4.69) is 36.2 Å². The quantitative estimate of drug-likeness (QED) is 0.508. The van der Waals surface area contributed by atoms with Crippen molar-refractivity contribution in [1.82, 2.24) is 30.4 Å². The molecule has 1 aliphatic heterocycles. The Morgan fingerprint density at radius 3 is 2.66 bits per heavy atom. The third kappa shape index (κ3) is 3.72. The second-order valence-electron chi connectivity index (χ2n) is 7.33. The molecule has 1 unspecified atom stereocenters. The molecular weight excluding hydrogens is 412 g/mol. The number of hydrogen-bond acceptors (Lipinski definition) is 8. The van der Waals surface area contributed by atoms with Crippen LogP contribution in [-0.2, 0) is 21.0 Å². The Labute approximate surface area is 184 Å². The van der Waals surface area contributed by atoms with Crippen LogP contribution in [-0.4, -0.2) is 57.0 Å². The average molecular weight is 436 g/mol. The van der Waals surface area contributed by atoms with E-state index in [4.69, 9.17) is 4.84 Å². The number of rotatable bonds is 7. The molecule has 0 saturated heterocycles. The Morgan fingerprint density at radius 1 is 1.19 bits per heavy atom. The first kappa shape index (κ1) is 21.2. The molecule has 1 atom stereocenters. The van der Waals surface area contributed by atoms with E-state index in [-0.39, 0.29) is 18.7 Å². The van der Waals surface area contributed by atoms with Gasteiger partial charge in [0.2, 0.25) is 11.5 Å². The van der Waals surface area contributed by atoms with Gasteiger partial charge in [-0.1, -0.05) is 5.16 Å². The molecule has 4 rings (SSSR count). The van der Waals surface area contributed by atoms with E-state index in [9.17, 15) is 9.59 Å². The van der Waals surface area contributed by atoms with Gasteiger partial charge in [-0.05, 0) is 19.1 Å². The zero-order valence-corrected chi connectivity index (χ0v) is 18.0. The van der Waals surface area contributed by atoms with E-state index < -0.39 is 11.5 Å². The topological polar surface area (TPSA) is 135 Å². The number of pyridine rings is 2. The lowest BCUT2D eigenvalue weighted by molar-refractivity contribution is -0.149.